The maximum atomic E-state index is 13.7. The SMILES string of the molecule is O=C(c1ccccc1)n1c(-c2cccc(-c3nc4ccccc4n3C(=O)c3ccccc3)n2)nc2ccccc21.[Cl-].[Cl-].[Cl-].[Co+3]. The number of para-hydroxylation sites is 4. The molecule has 44 heavy (non-hydrogen) atoms. The van der Waals surface area contributed by atoms with Crippen molar-refractivity contribution >= 4 is 33.9 Å². The van der Waals surface area contributed by atoms with E-state index in [0.29, 0.717) is 56.2 Å². The van der Waals surface area contributed by atoms with E-state index in [4.69, 9.17) is 15.0 Å². The molecule has 0 bridgehead atoms. The molecule has 0 saturated heterocycles. The maximum absolute atomic E-state index is 13.7. The molecular weight excluding hydrogens is 664 g/mol. The molecule has 3 heterocycles. The number of carbonyl (C=O) groups is 2. The fourth-order valence-corrected chi connectivity index (χ4v) is 4.91. The molecule has 7 rings (SSSR count). The van der Waals surface area contributed by atoms with Crippen LogP contribution in [0.2, 0.25) is 0 Å². The second kappa shape index (κ2) is 14.4. The quantitative estimate of drug-likeness (QED) is 0.205. The van der Waals surface area contributed by atoms with E-state index in [1.54, 1.807) is 33.4 Å². The van der Waals surface area contributed by atoms with Gasteiger partial charge in [0, 0.05) is 11.1 Å². The first-order valence-corrected chi connectivity index (χ1v) is 12.8. The molecule has 0 aliphatic carbocycles. The average molecular weight is 685 g/mol. The van der Waals surface area contributed by atoms with Gasteiger partial charge >= 0.3 is 16.8 Å². The van der Waals surface area contributed by atoms with E-state index < -0.39 is 0 Å². The molecule has 0 amide bonds. The first kappa shape index (κ1) is 34.2. The Labute approximate surface area is 281 Å². The van der Waals surface area contributed by atoms with Gasteiger partial charge in [-0.15, -0.1) is 0 Å². The molecule has 4 aromatic carbocycles. The molecule has 0 aliphatic rings. The fourth-order valence-electron chi connectivity index (χ4n) is 4.91. The van der Waals surface area contributed by atoms with E-state index >= 15 is 0 Å². The van der Waals surface area contributed by atoms with Crippen LogP contribution >= 0.6 is 0 Å². The minimum Gasteiger partial charge on any atom is -1.00 e. The Bertz CT molecular complexity index is 1920. The van der Waals surface area contributed by atoms with Crippen LogP contribution in [0.4, 0.5) is 0 Å². The Hall–Kier alpha value is -4.31. The summed E-state index contributed by atoms with van der Waals surface area (Å²) < 4.78 is 3.18. The summed E-state index contributed by atoms with van der Waals surface area (Å²) in [5.41, 5.74) is 4.79. The largest absolute Gasteiger partial charge is 3.00 e. The molecule has 0 spiro atoms. The van der Waals surface area contributed by atoms with Gasteiger partial charge in [0.05, 0.1) is 22.1 Å². The van der Waals surface area contributed by atoms with Crippen LogP contribution in [0.25, 0.3) is 45.1 Å². The summed E-state index contributed by atoms with van der Waals surface area (Å²) in [6.45, 7) is 0. The third-order valence-electron chi connectivity index (χ3n) is 6.78. The van der Waals surface area contributed by atoms with E-state index in [1.165, 1.54) is 0 Å². The van der Waals surface area contributed by atoms with Crippen LogP contribution in [-0.4, -0.2) is 35.9 Å². The molecule has 0 fully saturated rings. The van der Waals surface area contributed by atoms with Gasteiger partial charge in [0.2, 0.25) is 0 Å². The van der Waals surface area contributed by atoms with Gasteiger partial charge in [-0.25, -0.2) is 15.0 Å². The number of pyridine rings is 1. The minimum atomic E-state index is -0.206. The molecule has 220 valence electrons. The van der Waals surface area contributed by atoms with E-state index in [-0.39, 0.29) is 65.8 Å². The monoisotopic (exact) mass is 683 g/mol. The van der Waals surface area contributed by atoms with Crippen LogP contribution in [0.1, 0.15) is 20.7 Å². The number of carbonyl (C=O) groups excluding carboxylic acids is 2. The van der Waals surface area contributed by atoms with Gasteiger partial charge in [-0.05, 0) is 60.7 Å². The molecule has 3 aromatic heterocycles. The van der Waals surface area contributed by atoms with E-state index in [1.807, 2.05) is 103 Å². The first-order valence-electron chi connectivity index (χ1n) is 12.8. The van der Waals surface area contributed by atoms with Crippen molar-refractivity contribution in [2.45, 2.75) is 0 Å². The summed E-state index contributed by atoms with van der Waals surface area (Å²) in [6.07, 6.45) is 0. The number of halogens is 3. The second-order valence-electron chi connectivity index (χ2n) is 9.27. The van der Waals surface area contributed by atoms with Gasteiger partial charge in [0.15, 0.2) is 11.6 Å². The summed E-state index contributed by atoms with van der Waals surface area (Å²) in [6, 6.07) is 38.7. The normalized spacial score (nSPS) is 10.2. The third kappa shape index (κ3) is 6.03. The van der Waals surface area contributed by atoms with E-state index in [9.17, 15) is 9.59 Å². The van der Waals surface area contributed by atoms with Crippen LogP contribution in [0.3, 0.4) is 0 Å². The maximum Gasteiger partial charge on any atom is 3.00 e. The van der Waals surface area contributed by atoms with E-state index in [2.05, 4.69) is 0 Å². The number of hydrogen-bond donors (Lipinski definition) is 0. The predicted octanol–water partition coefficient (Wildman–Crippen LogP) is -2.50. The van der Waals surface area contributed by atoms with Crippen LogP contribution < -0.4 is 37.2 Å². The Kier molecular flexibility index (Phi) is 11.2. The molecule has 0 aliphatic heterocycles. The Balaban J connectivity index is 0.00000132. The van der Waals surface area contributed by atoms with Gasteiger partial charge in [-0.2, -0.15) is 0 Å². The van der Waals surface area contributed by atoms with Crippen molar-refractivity contribution in [3.63, 3.8) is 0 Å². The van der Waals surface area contributed by atoms with Crippen molar-refractivity contribution in [2.75, 3.05) is 0 Å². The van der Waals surface area contributed by atoms with Crippen LogP contribution in [0.15, 0.2) is 127 Å². The van der Waals surface area contributed by atoms with Gasteiger partial charge in [0.25, 0.3) is 11.8 Å². The summed E-state index contributed by atoms with van der Waals surface area (Å²) in [5, 5.41) is 0. The van der Waals surface area contributed by atoms with Gasteiger partial charge in [-0.1, -0.05) is 66.7 Å². The number of nitrogens with zero attached hydrogens (tertiary/aromatic N) is 5. The van der Waals surface area contributed by atoms with Crippen LogP contribution in [0.5, 0.6) is 0 Å². The zero-order valence-corrected chi connectivity index (χ0v) is 26.0. The average Bonchev–Trinajstić information content (AvgIpc) is 3.61. The molecule has 7 aromatic rings. The van der Waals surface area contributed by atoms with E-state index in [0.717, 1.165) is 0 Å². The number of rotatable bonds is 4. The fraction of sp³-hybridized carbons (Fsp3) is 0. The van der Waals surface area contributed by atoms with Gasteiger partial charge in [0.1, 0.15) is 11.4 Å². The summed E-state index contributed by atoms with van der Waals surface area (Å²) in [7, 11) is 0. The predicted molar refractivity (Wildman–Crippen MR) is 154 cm³/mol. The minimum absolute atomic E-state index is 0. The summed E-state index contributed by atoms with van der Waals surface area (Å²) in [5.74, 6) is 0.411. The van der Waals surface area contributed by atoms with Crippen molar-refractivity contribution in [3.05, 3.63) is 139 Å². The number of aromatic nitrogens is 5. The van der Waals surface area contributed by atoms with Crippen molar-refractivity contribution in [3.8, 4) is 23.0 Å². The Morgan fingerprint density at radius 1 is 0.432 bits per heavy atom. The summed E-state index contributed by atoms with van der Waals surface area (Å²) in [4.78, 5) is 41.9. The molecule has 11 heteroatoms. The second-order valence-corrected chi connectivity index (χ2v) is 9.27. The zero-order chi connectivity index (χ0) is 27.1. The molecule has 0 unspecified atom stereocenters. The van der Waals surface area contributed by atoms with Crippen molar-refractivity contribution in [1.29, 1.82) is 0 Å². The molecule has 0 radical (unpaired) electrons. The topological polar surface area (TPSA) is 82.7 Å². The number of fused-ring (bicyclic) bond motifs is 2. The van der Waals surface area contributed by atoms with Crippen molar-refractivity contribution in [1.82, 2.24) is 24.1 Å². The standard InChI is InChI=1S/C33H21N5O2.3ClH.Co/c39-32(22-12-3-1-4-13-22)37-28-20-9-7-16-24(28)35-30(37)26-18-11-19-27(34-26)31-36-25-17-8-10-21-29(25)38(31)33(40)23-14-5-2-6-15-23;;;;/h1-21H;3*1H;/q;;;;+3/p-3. The third-order valence-corrected chi connectivity index (χ3v) is 6.78. The Morgan fingerprint density at radius 2 is 0.795 bits per heavy atom. The number of hydrogen-bond acceptors (Lipinski definition) is 5. The van der Waals surface area contributed by atoms with Crippen molar-refractivity contribution < 1.29 is 63.6 Å². The molecule has 7 nitrogen and oxygen atoms in total. The van der Waals surface area contributed by atoms with Gasteiger partial charge in [-0.3, -0.25) is 18.7 Å². The van der Waals surface area contributed by atoms with Crippen molar-refractivity contribution in [2.24, 2.45) is 0 Å². The number of imidazole rings is 2. The summed E-state index contributed by atoms with van der Waals surface area (Å²) >= 11 is 0. The molecule has 0 N–H and O–H groups in total. The number of benzene rings is 4. The van der Waals surface area contributed by atoms with Crippen LogP contribution in [0, 0.1) is 0 Å². The molecular formula is C33H21Cl3CoN5O2. The Morgan fingerprint density at radius 3 is 1.20 bits per heavy atom. The van der Waals surface area contributed by atoms with Crippen LogP contribution in [-0.2, 0) is 16.8 Å². The van der Waals surface area contributed by atoms with Gasteiger partial charge < -0.3 is 37.2 Å². The molecule has 0 saturated carbocycles. The zero-order valence-electron chi connectivity index (χ0n) is 22.6. The first-order chi connectivity index (χ1) is 19.7. The smallest absolute Gasteiger partial charge is 1.00 e. The molecule has 0 atom stereocenters.